The first-order valence-electron chi connectivity index (χ1n) is 5.79. The van der Waals surface area contributed by atoms with E-state index in [9.17, 15) is 9.50 Å². The number of aliphatic hydroxyl groups is 1. The summed E-state index contributed by atoms with van der Waals surface area (Å²) in [4.78, 5) is 0. The molecule has 0 unspecified atom stereocenters. The zero-order chi connectivity index (χ0) is 12.3. The summed E-state index contributed by atoms with van der Waals surface area (Å²) in [6.45, 7) is 0.366. The van der Waals surface area contributed by atoms with Crippen LogP contribution in [0.15, 0.2) is 18.2 Å². The van der Waals surface area contributed by atoms with Crippen molar-refractivity contribution in [3.05, 3.63) is 29.6 Å². The van der Waals surface area contributed by atoms with E-state index in [1.165, 1.54) is 6.07 Å². The van der Waals surface area contributed by atoms with Gasteiger partial charge >= 0.3 is 0 Å². The molecule has 1 fully saturated rings. The standard InChI is InChI=1S/C13H15FN2O/c14-11-4-3-5-12(10(11)8-15)16-9-13(17)6-1-2-7-13/h3-5,16-17H,1-2,6-7,9H2. The molecule has 4 heteroatoms. The van der Waals surface area contributed by atoms with Crippen molar-refractivity contribution in [3.63, 3.8) is 0 Å². The van der Waals surface area contributed by atoms with E-state index in [2.05, 4.69) is 5.32 Å². The SMILES string of the molecule is N#Cc1c(F)cccc1NCC1(O)CCCC1. The van der Waals surface area contributed by atoms with E-state index in [4.69, 9.17) is 5.26 Å². The number of nitriles is 1. The lowest BCUT2D eigenvalue weighted by Gasteiger charge is -2.23. The molecule has 2 N–H and O–H groups in total. The van der Waals surface area contributed by atoms with Crippen LogP contribution in [0, 0.1) is 17.1 Å². The number of rotatable bonds is 3. The summed E-state index contributed by atoms with van der Waals surface area (Å²) >= 11 is 0. The Morgan fingerprint density at radius 2 is 2.12 bits per heavy atom. The third-order valence-electron chi connectivity index (χ3n) is 3.27. The van der Waals surface area contributed by atoms with Gasteiger partial charge in [-0.25, -0.2) is 4.39 Å². The maximum Gasteiger partial charge on any atom is 0.143 e. The maximum atomic E-state index is 13.3. The minimum absolute atomic E-state index is 0.00842. The molecule has 0 amide bonds. The van der Waals surface area contributed by atoms with Crippen molar-refractivity contribution in [2.45, 2.75) is 31.3 Å². The second-order valence-electron chi connectivity index (χ2n) is 4.56. The van der Waals surface area contributed by atoms with Crippen molar-refractivity contribution < 1.29 is 9.50 Å². The molecular weight excluding hydrogens is 219 g/mol. The van der Waals surface area contributed by atoms with Gasteiger partial charge in [0.1, 0.15) is 17.4 Å². The number of anilines is 1. The first-order valence-corrected chi connectivity index (χ1v) is 5.79. The van der Waals surface area contributed by atoms with E-state index in [1.54, 1.807) is 12.1 Å². The number of halogens is 1. The van der Waals surface area contributed by atoms with Crippen LogP contribution in [0.5, 0.6) is 0 Å². The van der Waals surface area contributed by atoms with E-state index in [0.29, 0.717) is 12.2 Å². The molecule has 1 aliphatic carbocycles. The number of nitrogens with one attached hydrogen (secondary N) is 1. The quantitative estimate of drug-likeness (QED) is 0.844. The van der Waals surface area contributed by atoms with Gasteiger partial charge in [0.05, 0.1) is 11.3 Å². The Bertz CT molecular complexity index is 447. The summed E-state index contributed by atoms with van der Waals surface area (Å²) in [6, 6.07) is 6.30. The van der Waals surface area contributed by atoms with Crippen LogP contribution < -0.4 is 5.32 Å². The maximum absolute atomic E-state index is 13.3. The highest BCUT2D eigenvalue weighted by atomic mass is 19.1. The normalized spacial score (nSPS) is 17.7. The molecule has 1 aliphatic rings. The lowest BCUT2D eigenvalue weighted by atomic mass is 10.0. The average Bonchev–Trinajstić information content (AvgIpc) is 2.74. The van der Waals surface area contributed by atoms with Gasteiger partial charge in [-0.15, -0.1) is 0 Å². The fraction of sp³-hybridized carbons (Fsp3) is 0.462. The topological polar surface area (TPSA) is 56.0 Å². The van der Waals surface area contributed by atoms with E-state index < -0.39 is 11.4 Å². The zero-order valence-corrected chi connectivity index (χ0v) is 9.54. The van der Waals surface area contributed by atoms with Crippen LogP contribution in [0.1, 0.15) is 31.2 Å². The zero-order valence-electron chi connectivity index (χ0n) is 9.54. The predicted molar refractivity (Wildman–Crippen MR) is 63.0 cm³/mol. The van der Waals surface area contributed by atoms with E-state index >= 15 is 0 Å². The van der Waals surface area contributed by atoms with Crippen LogP contribution in [-0.2, 0) is 0 Å². The summed E-state index contributed by atoms with van der Waals surface area (Å²) in [5.74, 6) is -0.532. The molecule has 1 aromatic carbocycles. The third-order valence-corrected chi connectivity index (χ3v) is 3.27. The summed E-state index contributed by atoms with van der Waals surface area (Å²) in [5, 5.41) is 22.0. The monoisotopic (exact) mass is 234 g/mol. The molecular formula is C13H15FN2O. The van der Waals surface area contributed by atoms with Gasteiger partial charge in [-0.05, 0) is 25.0 Å². The Morgan fingerprint density at radius 1 is 1.41 bits per heavy atom. The first-order chi connectivity index (χ1) is 8.14. The molecule has 0 heterocycles. The van der Waals surface area contributed by atoms with Crippen molar-refractivity contribution >= 4 is 5.69 Å². The largest absolute Gasteiger partial charge is 0.388 e. The number of benzene rings is 1. The second-order valence-corrected chi connectivity index (χ2v) is 4.56. The molecule has 90 valence electrons. The van der Waals surface area contributed by atoms with Gasteiger partial charge in [0.15, 0.2) is 0 Å². The molecule has 0 aliphatic heterocycles. The van der Waals surface area contributed by atoms with E-state index in [-0.39, 0.29) is 5.56 Å². The Morgan fingerprint density at radius 3 is 2.76 bits per heavy atom. The summed E-state index contributed by atoms with van der Waals surface area (Å²) in [5.41, 5.74) is -0.249. The highest BCUT2D eigenvalue weighted by Crippen LogP contribution is 2.30. The minimum Gasteiger partial charge on any atom is -0.388 e. The first kappa shape index (κ1) is 11.9. The van der Waals surface area contributed by atoms with Crippen molar-refractivity contribution in [2.24, 2.45) is 0 Å². The van der Waals surface area contributed by atoms with E-state index in [1.807, 2.05) is 6.07 Å². The molecule has 0 aromatic heterocycles. The average molecular weight is 234 g/mol. The molecule has 0 radical (unpaired) electrons. The highest BCUT2D eigenvalue weighted by Gasteiger charge is 2.30. The Hall–Kier alpha value is -1.60. The van der Waals surface area contributed by atoms with Crippen LogP contribution in [-0.4, -0.2) is 17.3 Å². The molecule has 0 spiro atoms. The van der Waals surface area contributed by atoms with Gasteiger partial charge in [0.2, 0.25) is 0 Å². The Kier molecular flexibility index (Phi) is 3.30. The number of hydrogen-bond acceptors (Lipinski definition) is 3. The molecule has 1 saturated carbocycles. The van der Waals surface area contributed by atoms with Crippen LogP contribution in [0.2, 0.25) is 0 Å². The molecule has 0 atom stereocenters. The Balaban J connectivity index is 2.09. The molecule has 1 aromatic rings. The van der Waals surface area contributed by atoms with Crippen LogP contribution in [0.3, 0.4) is 0 Å². The minimum atomic E-state index is -0.709. The van der Waals surface area contributed by atoms with E-state index in [0.717, 1.165) is 25.7 Å². The van der Waals surface area contributed by atoms with Crippen molar-refractivity contribution in [3.8, 4) is 6.07 Å². The smallest absolute Gasteiger partial charge is 0.143 e. The van der Waals surface area contributed by atoms with Gasteiger partial charge in [-0.2, -0.15) is 5.26 Å². The lowest BCUT2D eigenvalue weighted by molar-refractivity contribution is 0.0614. The molecule has 0 saturated heterocycles. The van der Waals surface area contributed by atoms with Gasteiger partial charge in [0.25, 0.3) is 0 Å². The van der Waals surface area contributed by atoms with Crippen LogP contribution in [0.25, 0.3) is 0 Å². The molecule has 2 rings (SSSR count). The Labute approximate surface area is 99.9 Å². The third kappa shape index (κ3) is 2.56. The second kappa shape index (κ2) is 4.72. The fourth-order valence-electron chi connectivity index (χ4n) is 2.25. The molecule has 17 heavy (non-hydrogen) atoms. The number of nitrogens with zero attached hydrogens (tertiary/aromatic N) is 1. The van der Waals surface area contributed by atoms with Crippen LogP contribution in [0.4, 0.5) is 10.1 Å². The number of hydrogen-bond donors (Lipinski definition) is 2. The summed E-state index contributed by atoms with van der Waals surface area (Å²) in [7, 11) is 0. The van der Waals surface area contributed by atoms with Gasteiger partial charge < -0.3 is 10.4 Å². The summed E-state index contributed by atoms with van der Waals surface area (Å²) < 4.78 is 13.3. The van der Waals surface area contributed by atoms with Crippen molar-refractivity contribution in [2.75, 3.05) is 11.9 Å². The van der Waals surface area contributed by atoms with Gasteiger partial charge in [0, 0.05) is 6.54 Å². The van der Waals surface area contributed by atoms with Crippen molar-refractivity contribution in [1.82, 2.24) is 0 Å². The van der Waals surface area contributed by atoms with Crippen molar-refractivity contribution in [1.29, 1.82) is 5.26 Å². The summed E-state index contributed by atoms with van der Waals surface area (Å²) in [6.07, 6.45) is 3.56. The predicted octanol–water partition coefficient (Wildman–Crippen LogP) is 2.41. The van der Waals surface area contributed by atoms with Gasteiger partial charge in [-0.3, -0.25) is 0 Å². The highest BCUT2D eigenvalue weighted by molar-refractivity contribution is 5.58. The van der Waals surface area contributed by atoms with Gasteiger partial charge in [-0.1, -0.05) is 18.9 Å². The fourth-order valence-corrected chi connectivity index (χ4v) is 2.25. The molecule has 3 nitrogen and oxygen atoms in total. The lowest BCUT2D eigenvalue weighted by Crippen LogP contribution is -2.33. The van der Waals surface area contributed by atoms with Crippen LogP contribution >= 0.6 is 0 Å². The molecule has 0 bridgehead atoms.